The van der Waals surface area contributed by atoms with E-state index in [0.717, 1.165) is 43.5 Å². The molecule has 0 aliphatic carbocycles. The molecule has 0 atom stereocenters. The highest BCUT2D eigenvalue weighted by molar-refractivity contribution is 6.16. The van der Waals surface area contributed by atoms with Gasteiger partial charge in [0.15, 0.2) is 0 Å². The van der Waals surface area contributed by atoms with E-state index in [1.54, 1.807) is 0 Å². The molecule has 0 aliphatic rings. The number of benzene rings is 5. The maximum absolute atomic E-state index is 13.9. The Balaban J connectivity index is 1.84. The molecule has 2 nitrogen and oxygen atoms in total. The fourth-order valence-electron chi connectivity index (χ4n) is 4.42. The Kier molecular flexibility index (Phi) is 3.35. The van der Waals surface area contributed by atoms with Crippen LogP contribution in [0.15, 0.2) is 108 Å². The van der Waals surface area contributed by atoms with Crippen molar-refractivity contribution in [1.29, 1.82) is 0 Å². The van der Waals surface area contributed by atoms with Crippen LogP contribution >= 0.6 is 0 Å². The van der Waals surface area contributed by atoms with Crippen LogP contribution in [-0.4, -0.2) is 4.57 Å². The number of aromatic nitrogens is 1. The molecule has 0 aliphatic heterocycles. The van der Waals surface area contributed by atoms with Crippen LogP contribution in [0.2, 0.25) is 0 Å². The first kappa shape index (κ1) is 16.1. The van der Waals surface area contributed by atoms with Gasteiger partial charge in [-0.05, 0) is 45.1 Å². The molecule has 136 valence electrons. The van der Waals surface area contributed by atoms with E-state index in [2.05, 4.69) is 48.5 Å². The highest BCUT2D eigenvalue weighted by Gasteiger charge is 2.14. The molecule has 1 aromatic heterocycles. The second-order valence-corrected chi connectivity index (χ2v) is 7.40. The predicted molar refractivity (Wildman–Crippen MR) is 122 cm³/mol. The van der Waals surface area contributed by atoms with Gasteiger partial charge in [-0.25, -0.2) is 0 Å². The molecule has 6 aromatic rings. The molecule has 0 N–H and O–H groups in total. The minimum Gasteiger partial charge on any atom is -0.276 e. The minimum atomic E-state index is 0.0192. The van der Waals surface area contributed by atoms with Crippen LogP contribution < -0.4 is 5.56 Å². The molecule has 0 bridgehead atoms. The zero-order chi connectivity index (χ0) is 19.4. The third-order valence-electron chi connectivity index (χ3n) is 5.77. The van der Waals surface area contributed by atoms with Gasteiger partial charge in [0.25, 0.3) is 5.56 Å². The molecule has 0 unspecified atom stereocenters. The van der Waals surface area contributed by atoms with E-state index in [9.17, 15) is 4.79 Å². The van der Waals surface area contributed by atoms with Gasteiger partial charge in [0.05, 0.1) is 10.9 Å². The second-order valence-electron chi connectivity index (χ2n) is 7.40. The summed E-state index contributed by atoms with van der Waals surface area (Å²) in [4.78, 5) is 13.9. The van der Waals surface area contributed by atoms with Crippen molar-refractivity contribution in [3.8, 4) is 5.69 Å². The Hall–Kier alpha value is -3.91. The molecule has 0 fully saturated rings. The molecule has 1 heterocycles. The maximum Gasteiger partial charge on any atom is 0.264 e. The van der Waals surface area contributed by atoms with Gasteiger partial charge >= 0.3 is 0 Å². The van der Waals surface area contributed by atoms with Gasteiger partial charge in [-0.3, -0.25) is 9.36 Å². The first-order valence-corrected chi connectivity index (χ1v) is 9.76. The zero-order valence-corrected chi connectivity index (χ0v) is 15.7. The largest absolute Gasteiger partial charge is 0.276 e. The van der Waals surface area contributed by atoms with E-state index < -0.39 is 0 Å². The van der Waals surface area contributed by atoms with Crippen molar-refractivity contribution < 1.29 is 0 Å². The van der Waals surface area contributed by atoms with Crippen LogP contribution in [0.3, 0.4) is 0 Å². The third-order valence-corrected chi connectivity index (χ3v) is 5.77. The normalized spacial score (nSPS) is 11.6. The number of fused-ring (bicyclic) bond motifs is 6. The van der Waals surface area contributed by atoms with E-state index in [4.69, 9.17) is 0 Å². The van der Waals surface area contributed by atoms with Gasteiger partial charge in [-0.15, -0.1) is 0 Å². The van der Waals surface area contributed by atoms with Crippen LogP contribution in [0.25, 0.3) is 48.9 Å². The predicted octanol–water partition coefficient (Wildman–Crippen LogP) is 6.45. The summed E-state index contributed by atoms with van der Waals surface area (Å²) in [7, 11) is 0. The summed E-state index contributed by atoms with van der Waals surface area (Å²) in [6.07, 6.45) is 0. The molecule has 5 aromatic carbocycles. The molecular weight excluding hydrogens is 354 g/mol. The molecule has 0 radical (unpaired) electrons. The third kappa shape index (κ3) is 2.33. The Bertz CT molecular complexity index is 1630. The van der Waals surface area contributed by atoms with Crippen LogP contribution in [0.4, 0.5) is 0 Å². The highest BCUT2D eigenvalue weighted by Crippen LogP contribution is 2.30. The van der Waals surface area contributed by atoms with Crippen molar-refractivity contribution in [3.63, 3.8) is 0 Å². The Morgan fingerprint density at radius 3 is 2.03 bits per heavy atom. The van der Waals surface area contributed by atoms with Crippen molar-refractivity contribution in [1.82, 2.24) is 4.57 Å². The Morgan fingerprint density at radius 1 is 0.517 bits per heavy atom. The molecule has 29 heavy (non-hydrogen) atoms. The average Bonchev–Trinajstić information content (AvgIpc) is 2.78. The standard InChI is InChI=1S/C27H17NO/c29-27-26-22-10-4-3-8-19(22)14-16-24(26)23-11-5-6-12-25(23)28(27)21-15-13-18-7-1-2-9-20(18)17-21/h1-17H. The number of rotatable bonds is 1. The Labute approximate surface area is 167 Å². The van der Waals surface area contributed by atoms with Crippen LogP contribution in [-0.2, 0) is 0 Å². The summed E-state index contributed by atoms with van der Waals surface area (Å²) in [5.74, 6) is 0. The molecular formula is C27H17NO. The van der Waals surface area contributed by atoms with E-state index >= 15 is 0 Å². The van der Waals surface area contributed by atoms with E-state index in [-0.39, 0.29) is 5.56 Å². The lowest BCUT2D eigenvalue weighted by atomic mass is 9.99. The van der Waals surface area contributed by atoms with Gasteiger partial charge in [0.2, 0.25) is 0 Å². The highest BCUT2D eigenvalue weighted by atomic mass is 16.1. The van der Waals surface area contributed by atoms with E-state index in [0.29, 0.717) is 0 Å². The van der Waals surface area contributed by atoms with Gasteiger partial charge in [0.1, 0.15) is 0 Å². The molecule has 0 saturated carbocycles. The molecule has 6 rings (SSSR count). The summed E-state index contributed by atoms with van der Waals surface area (Å²) >= 11 is 0. The van der Waals surface area contributed by atoms with Gasteiger partial charge in [-0.2, -0.15) is 0 Å². The van der Waals surface area contributed by atoms with Crippen LogP contribution in [0.1, 0.15) is 0 Å². The van der Waals surface area contributed by atoms with Crippen molar-refractivity contribution in [3.05, 3.63) is 113 Å². The molecule has 0 spiro atoms. The van der Waals surface area contributed by atoms with Crippen LogP contribution in [0.5, 0.6) is 0 Å². The lowest BCUT2D eigenvalue weighted by Gasteiger charge is -2.15. The summed E-state index contributed by atoms with van der Waals surface area (Å²) in [5.41, 5.74) is 1.83. The zero-order valence-electron chi connectivity index (χ0n) is 15.7. The SMILES string of the molecule is O=c1c2c3ccccc3ccc2c2ccccc2n1-c1ccc2ccccc2c1. The van der Waals surface area contributed by atoms with Crippen molar-refractivity contribution in [2.75, 3.05) is 0 Å². The fraction of sp³-hybridized carbons (Fsp3) is 0. The second kappa shape index (κ2) is 6.05. The number of hydrogen-bond donors (Lipinski definition) is 0. The Morgan fingerprint density at radius 2 is 1.17 bits per heavy atom. The summed E-state index contributed by atoms with van der Waals surface area (Å²) in [6.45, 7) is 0. The van der Waals surface area contributed by atoms with E-state index in [1.807, 2.05) is 59.2 Å². The van der Waals surface area contributed by atoms with Gasteiger partial charge < -0.3 is 0 Å². The van der Waals surface area contributed by atoms with Crippen molar-refractivity contribution in [2.45, 2.75) is 0 Å². The van der Waals surface area contributed by atoms with Crippen molar-refractivity contribution in [2.24, 2.45) is 0 Å². The lowest BCUT2D eigenvalue weighted by Crippen LogP contribution is -2.19. The quantitative estimate of drug-likeness (QED) is 0.304. The smallest absolute Gasteiger partial charge is 0.264 e. The maximum atomic E-state index is 13.9. The van der Waals surface area contributed by atoms with Gasteiger partial charge in [-0.1, -0.05) is 84.9 Å². The van der Waals surface area contributed by atoms with Gasteiger partial charge in [0, 0.05) is 11.1 Å². The monoisotopic (exact) mass is 371 g/mol. The molecule has 0 saturated heterocycles. The van der Waals surface area contributed by atoms with E-state index in [1.165, 1.54) is 5.39 Å². The van der Waals surface area contributed by atoms with Crippen LogP contribution in [0, 0.1) is 0 Å². The molecule has 2 heteroatoms. The average molecular weight is 371 g/mol. The minimum absolute atomic E-state index is 0.0192. The summed E-state index contributed by atoms with van der Waals surface area (Å²) < 4.78 is 1.86. The number of para-hydroxylation sites is 1. The first-order valence-electron chi connectivity index (χ1n) is 9.76. The lowest BCUT2D eigenvalue weighted by molar-refractivity contribution is 1.07. The summed E-state index contributed by atoms with van der Waals surface area (Å²) in [6, 6.07) is 34.9. The fourth-order valence-corrected chi connectivity index (χ4v) is 4.42. The first-order chi connectivity index (χ1) is 14.3. The van der Waals surface area contributed by atoms with Crippen molar-refractivity contribution >= 4 is 43.2 Å². The summed E-state index contributed by atoms with van der Waals surface area (Å²) in [5, 5.41) is 7.23. The number of hydrogen-bond acceptors (Lipinski definition) is 1. The molecule has 0 amide bonds. The number of nitrogens with zero attached hydrogens (tertiary/aromatic N) is 1. The number of pyridine rings is 1. The topological polar surface area (TPSA) is 22.0 Å².